The molecule has 156 valence electrons. The summed E-state index contributed by atoms with van der Waals surface area (Å²) in [7, 11) is 0. The summed E-state index contributed by atoms with van der Waals surface area (Å²) in [5, 5.41) is 4.73. The monoisotopic (exact) mass is 448 g/mol. The first-order valence-electron chi connectivity index (χ1n) is 10.2. The third kappa shape index (κ3) is 4.58. The highest BCUT2D eigenvalue weighted by Gasteiger charge is 2.15. The standard InChI is InChI=1S/C26H22Cl2N2O/c1-3-16(2)17-8-11-19(12-9-17)29-26(31)21-15-25(18-10-13-22(27)23(28)14-18)30-24-7-5-4-6-20(21)24/h4-16H,3H2,1-2H3,(H,29,31). The van der Waals surface area contributed by atoms with Gasteiger partial charge >= 0.3 is 0 Å². The van der Waals surface area contributed by atoms with E-state index in [2.05, 4.69) is 31.3 Å². The van der Waals surface area contributed by atoms with Crippen LogP contribution < -0.4 is 5.32 Å². The van der Waals surface area contributed by atoms with Crippen molar-refractivity contribution in [2.75, 3.05) is 5.32 Å². The quantitative estimate of drug-likeness (QED) is 0.336. The van der Waals surface area contributed by atoms with Gasteiger partial charge in [-0.15, -0.1) is 0 Å². The second-order valence-electron chi connectivity index (χ2n) is 7.59. The highest BCUT2D eigenvalue weighted by molar-refractivity contribution is 6.42. The van der Waals surface area contributed by atoms with Gasteiger partial charge in [-0.1, -0.05) is 73.4 Å². The number of benzene rings is 3. The van der Waals surface area contributed by atoms with E-state index in [9.17, 15) is 4.79 Å². The topological polar surface area (TPSA) is 42.0 Å². The molecule has 3 aromatic carbocycles. The van der Waals surface area contributed by atoms with Gasteiger partial charge in [-0.3, -0.25) is 4.79 Å². The molecule has 0 spiro atoms. The molecule has 1 aromatic heterocycles. The molecule has 0 aliphatic carbocycles. The van der Waals surface area contributed by atoms with E-state index in [-0.39, 0.29) is 5.91 Å². The Morgan fingerprint density at radius 1 is 0.968 bits per heavy atom. The van der Waals surface area contributed by atoms with Gasteiger partial charge in [0.15, 0.2) is 0 Å². The Morgan fingerprint density at radius 2 is 1.71 bits per heavy atom. The maximum absolute atomic E-state index is 13.2. The number of carbonyl (C=O) groups is 1. The molecule has 0 fully saturated rings. The lowest BCUT2D eigenvalue weighted by Gasteiger charge is -2.13. The van der Waals surface area contributed by atoms with Gasteiger partial charge in [0, 0.05) is 16.6 Å². The largest absolute Gasteiger partial charge is 0.322 e. The summed E-state index contributed by atoms with van der Waals surface area (Å²) in [5.74, 6) is 0.304. The van der Waals surface area contributed by atoms with Crippen LogP contribution in [0.3, 0.4) is 0 Å². The van der Waals surface area contributed by atoms with E-state index in [0.29, 0.717) is 27.2 Å². The lowest BCUT2D eigenvalue weighted by atomic mass is 9.98. The summed E-state index contributed by atoms with van der Waals surface area (Å²) in [6.07, 6.45) is 1.08. The summed E-state index contributed by atoms with van der Waals surface area (Å²) in [4.78, 5) is 17.9. The van der Waals surface area contributed by atoms with Crippen LogP contribution in [0.2, 0.25) is 10.0 Å². The van der Waals surface area contributed by atoms with Gasteiger partial charge in [0.1, 0.15) is 0 Å². The Labute approximate surface area is 192 Å². The number of anilines is 1. The molecule has 0 radical (unpaired) electrons. The molecule has 1 unspecified atom stereocenters. The van der Waals surface area contributed by atoms with Crippen LogP contribution in [0.15, 0.2) is 72.8 Å². The molecule has 0 aliphatic heterocycles. The SMILES string of the molecule is CCC(C)c1ccc(NC(=O)c2cc(-c3ccc(Cl)c(Cl)c3)nc3ccccc23)cc1. The van der Waals surface area contributed by atoms with Crippen LogP contribution >= 0.6 is 23.2 Å². The van der Waals surface area contributed by atoms with Gasteiger partial charge in [0.2, 0.25) is 0 Å². The molecule has 0 bridgehead atoms. The molecule has 1 N–H and O–H groups in total. The number of aromatic nitrogens is 1. The summed E-state index contributed by atoms with van der Waals surface area (Å²) in [6, 6.07) is 22.8. The maximum atomic E-state index is 13.2. The predicted octanol–water partition coefficient (Wildman–Crippen LogP) is 7.97. The van der Waals surface area contributed by atoms with Gasteiger partial charge in [-0.05, 0) is 54.3 Å². The van der Waals surface area contributed by atoms with E-state index < -0.39 is 0 Å². The van der Waals surface area contributed by atoms with Crippen molar-refractivity contribution in [3.8, 4) is 11.3 Å². The number of para-hydroxylation sites is 1. The number of hydrogen-bond acceptors (Lipinski definition) is 2. The van der Waals surface area contributed by atoms with Gasteiger partial charge in [-0.25, -0.2) is 4.98 Å². The lowest BCUT2D eigenvalue weighted by Crippen LogP contribution is -2.13. The second kappa shape index (κ2) is 9.09. The van der Waals surface area contributed by atoms with Crippen molar-refractivity contribution in [1.29, 1.82) is 0 Å². The van der Waals surface area contributed by atoms with Gasteiger partial charge in [0.25, 0.3) is 5.91 Å². The first-order chi connectivity index (χ1) is 15.0. The van der Waals surface area contributed by atoms with Gasteiger partial charge in [0.05, 0.1) is 26.8 Å². The fraction of sp³-hybridized carbons (Fsp3) is 0.154. The van der Waals surface area contributed by atoms with Crippen LogP contribution in [0.5, 0.6) is 0 Å². The number of rotatable bonds is 5. The third-order valence-corrected chi connectivity index (χ3v) is 6.27. The average Bonchev–Trinajstić information content (AvgIpc) is 2.80. The van der Waals surface area contributed by atoms with Crippen LogP contribution in [0.4, 0.5) is 5.69 Å². The maximum Gasteiger partial charge on any atom is 0.256 e. The summed E-state index contributed by atoms with van der Waals surface area (Å²) < 4.78 is 0. The Bertz CT molecular complexity index is 1250. The fourth-order valence-corrected chi connectivity index (χ4v) is 3.79. The van der Waals surface area contributed by atoms with Crippen molar-refractivity contribution in [3.05, 3.63) is 94.0 Å². The highest BCUT2D eigenvalue weighted by Crippen LogP contribution is 2.30. The lowest BCUT2D eigenvalue weighted by molar-refractivity contribution is 0.102. The minimum atomic E-state index is -0.184. The number of hydrogen-bond donors (Lipinski definition) is 1. The average molecular weight is 449 g/mol. The normalized spacial score (nSPS) is 12.0. The van der Waals surface area contributed by atoms with E-state index in [4.69, 9.17) is 28.2 Å². The van der Waals surface area contributed by atoms with Crippen molar-refractivity contribution >= 4 is 45.7 Å². The Hall–Kier alpha value is -2.88. The van der Waals surface area contributed by atoms with E-state index in [1.807, 2.05) is 42.5 Å². The van der Waals surface area contributed by atoms with Crippen molar-refractivity contribution in [1.82, 2.24) is 4.98 Å². The number of nitrogens with one attached hydrogen (secondary N) is 1. The number of halogens is 2. The minimum Gasteiger partial charge on any atom is -0.322 e. The summed E-state index contributed by atoms with van der Waals surface area (Å²) >= 11 is 12.3. The molecule has 4 rings (SSSR count). The molecular weight excluding hydrogens is 427 g/mol. The molecule has 31 heavy (non-hydrogen) atoms. The van der Waals surface area contributed by atoms with Crippen molar-refractivity contribution in [3.63, 3.8) is 0 Å². The zero-order valence-electron chi connectivity index (χ0n) is 17.3. The molecular formula is C26H22Cl2N2O. The molecule has 0 saturated carbocycles. The Balaban J connectivity index is 1.72. The summed E-state index contributed by atoms with van der Waals surface area (Å²) in [5.41, 5.74) is 4.77. The number of nitrogens with zero attached hydrogens (tertiary/aromatic N) is 1. The molecule has 0 saturated heterocycles. The smallest absolute Gasteiger partial charge is 0.256 e. The number of carbonyl (C=O) groups excluding carboxylic acids is 1. The van der Waals surface area contributed by atoms with Crippen LogP contribution in [-0.2, 0) is 0 Å². The number of fused-ring (bicyclic) bond motifs is 1. The molecule has 1 amide bonds. The Morgan fingerprint density at radius 3 is 2.42 bits per heavy atom. The van der Waals surface area contributed by atoms with Crippen molar-refractivity contribution < 1.29 is 4.79 Å². The molecule has 4 aromatic rings. The van der Waals surface area contributed by atoms with Crippen molar-refractivity contribution in [2.24, 2.45) is 0 Å². The third-order valence-electron chi connectivity index (χ3n) is 5.53. The van der Waals surface area contributed by atoms with Crippen LogP contribution in [-0.4, -0.2) is 10.9 Å². The van der Waals surface area contributed by atoms with Crippen molar-refractivity contribution in [2.45, 2.75) is 26.2 Å². The highest BCUT2D eigenvalue weighted by atomic mass is 35.5. The fourth-order valence-electron chi connectivity index (χ4n) is 3.50. The molecule has 1 heterocycles. The molecule has 5 heteroatoms. The zero-order valence-corrected chi connectivity index (χ0v) is 18.8. The predicted molar refractivity (Wildman–Crippen MR) is 130 cm³/mol. The summed E-state index contributed by atoms with van der Waals surface area (Å²) in [6.45, 7) is 4.36. The minimum absolute atomic E-state index is 0.184. The molecule has 3 nitrogen and oxygen atoms in total. The van der Waals surface area contributed by atoms with Crippen LogP contribution in [0.1, 0.15) is 42.1 Å². The van der Waals surface area contributed by atoms with E-state index in [0.717, 1.165) is 28.6 Å². The van der Waals surface area contributed by atoms with Crippen LogP contribution in [0, 0.1) is 0 Å². The van der Waals surface area contributed by atoms with E-state index >= 15 is 0 Å². The van der Waals surface area contributed by atoms with Gasteiger partial charge < -0.3 is 5.32 Å². The molecule has 0 aliphatic rings. The second-order valence-corrected chi connectivity index (χ2v) is 8.40. The first kappa shape index (κ1) is 21.4. The number of pyridine rings is 1. The zero-order chi connectivity index (χ0) is 22.0. The van der Waals surface area contributed by atoms with E-state index in [1.165, 1.54) is 5.56 Å². The molecule has 1 atom stereocenters. The van der Waals surface area contributed by atoms with Gasteiger partial charge in [-0.2, -0.15) is 0 Å². The first-order valence-corrected chi connectivity index (χ1v) is 11.0. The number of amides is 1. The van der Waals surface area contributed by atoms with E-state index in [1.54, 1.807) is 18.2 Å². The Kier molecular flexibility index (Phi) is 6.26. The van der Waals surface area contributed by atoms with Crippen LogP contribution in [0.25, 0.3) is 22.2 Å².